The number of hydrogen-bond acceptors (Lipinski definition) is 5. The first kappa shape index (κ1) is 12.2. The van der Waals surface area contributed by atoms with Crippen LogP contribution in [0.1, 0.15) is 20.9 Å². The number of fused-ring (bicyclic) bond motifs is 1. The molecule has 23 heavy (non-hydrogen) atoms. The summed E-state index contributed by atoms with van der Waals surface area (Å²) in [4.78, 5) is 12.2. The number of imidazole rings is 1. The van der Waals surface area contributed by atoms with Crippen molar-refractivity contribution in [3.8, 4) is 11.5 Å². The monoisotopic (exact) mass is 333 g/mol. The minimum atomic E-state index is -2.47. The number of benzene rings is 1. The number of aromatic nitrogens is 3. The van der Waals surface area contributed by atoms with E-state index in [0.717, 1.165) is 38.8 Å². The number of H-pyrrole nitrogens is 1. The lowest BCUT2D eigenvalue weighted by Crippen LogP contribution is -1.98. The van der Waals surface area contributed by atoms with Crippen molar-refractivity contribution in [1.29, 1.82) is 0 Å². The zero-order chi connectivity index (χ0) is 18.9. The SMILES string of the molecule is [2H][13C]([2H])([2H])Oc1ccc2nc(SCc3ncc(C)c(OC)c3C)[nH]c2c1. The molecule has 0 spiro atoms. The van der Waals surface area contributed by atoms with Gasteiger partial charge in [-0.15, -0.1) is 0 Å². The standard InChI is InChI=1S/C17H19N3O2S/c1-10-8-18-15(11(2)16(10)22-4)9-23-17-19-13-6-5-12(21-3)7-14(13)20-17/h5-8H,9H2,1-4H3,(H,19,20)/i3+1D3. The van der Waals surface area contributed by atoms with Gasteiger partial charge in [0.2, 0.25) is 0 Å². The number of hydrogen-bond donors (Lipinski definition) is 1. The fourth-order valence-corrected chi connectivity index (χ4v) is 3.36. The molecule has 0 bridgehead atoms. The molecule has 2 heterocycles. The summed E-state index contributed by atoms with van der Waals surface area (Å²) in [6.07, 6.45) is 1.80. The molecule has 0 aliphatic rings. The van der Waals surface area contributed by atoms with Gasteiger partial charge in [0.15, 0.2) is 5.16 Å². The van der Waals surface area contributed by atoms with Crippen LogP contribution in [-0.2, 0) is 5.75 Å². The second-order valence-electron chi connectivity index (χ2n) is 5.16. The van der Waals surface area contributed by atoms with Crippen molar-refractivity contribution in [1.82, 2.24) is 15.0 Å². The molecule has 3 aromatic rings. The van der Waals surface area contributed by atoms with Gasteiger partial charge in [0.25, 0.3) is 0 Å². The van der Waals surface area contributed by atoms with E-state index in [1.165, 1.54) is 11.8 Å². The van der Waals surface area contributed by atoms with Crippen molar-refractivity contribution in [3.05, 3.63) is 41.2 Å². The van der Waals surface area contributed by atoms with Crippen LogP contribution in [0.15, 0.2) is 29.6 Å². The molecule has 0 saturated carbocycles. The van der Waals surface area contributed by atoms with Crippen LogP contribution in [0.4, 0.5) is 0 Å². The molecule has 6 heteroatoms. The van der Waals surface area contributed by atoms with Gasteiger partial charge >= 0.3 is 0 Å². The topological polar surface area (TPSA) is 60.0 Å². The van der Waals surface area contributed by atoms with Crippen molar-refractivity contribution in [2.24, 2.45) is 0 Å². The van der Waals surface area contributed by atoms with Crippen molar-refractivity contribution < 1.29 is 13.6 Å². The highest BCUT2D eigenvalue weighted by molar-refractivity contribution is 7.98. The summed E-state index contributed by atoms with van der Waals surface area (Å²) in [5.74, 6) is 1.77. The number of nitrogens with one attached hydrogen (secondary N) is 1. The predicted molar refractivity (Wildman–Crippen MR) is 92.5 cm³/mol. The molecule has 1 aromatic carbocycles. The fraction of sp³-hybridized carbons (Fsp3) is 0.294. The summed E-state index contributed by atoms with van der Waals surface area (Å²) >= 11 is 1.52. The number of pyridine rings is 1. The minimum Gasteiger partial charge on any atom is -0.497 e. The van der Waals surface area contributed by atoms with Crippen molar-refractivity contribution in [3.63, 3.8) is 0 Å². The first-order valence-electron chi connectivity index (χ1n) is 8.57. The van der Waals surface area contributed by atoms with Gasteiger partial charge in [0, 0.05) is 29.1 Å². The first-order valence-corrected chi connectivity index (χ1v) is 8.06. The Morgan fingerprint density at radius 1 is 1.30 bits per heavy atom. The van der Waals surface area contributed by atoms with Crippen LogP contribution in [-0.4, -0.2) is 29.1 Å². The maximum Gasteiger partial charge on any atom is 0.166 e. The second kappa shape index (κ2) is 6.50. The average molecular weight is 333 g/mol. The van der Waals surface area contributed by atoms with Crippen LogP contribution in [0.3, 0.4) is 0 Å². The first-order chi connectivity index (χ1) is 12.3. The van der Waals surface area contributed by atoms with Crippen molar-refractivity contribution in [2.45, 2.75) is 24.8 Å². The number of thioether (sulfide) groups is 1. The van der Waals surface area contributed by atoms with Crippen LogP contribution < -0.4 is 9.47 Å². The maximum absolute atomic E-state index is 7.18. The van der Waals surface area contributed by atoms with Crippen LogP contribution in [0.25, 0.3) is 11.0 Å². The van der Waals surface area contributed by atoms with Crippen LogP contribution in [0.5, 0.6) is 11.5 Å². The zero-order valence-electron chi connectivity index (χ0n) is 16.1. The van der Waals surface area contributed by atoms with Gasteiger partial charge in [-0.2, -0.15) is 0 Å². The highest BCUT2D eigenvalue weighted by Crippen LogP contribution is 2.29. The Bertz CT molecular complexity index is 941. The third-order valence-corrected chi connectivity index (χ3v) is 4.53. The molecule has 0 aliphatic carbocycles. The summed E-state index contributed by atoms with van der Waals surface area (Å²) in [6.45, 7) is 3.96. The van der Waals surface area contributed by atoms with Crippen molar-refractivity contribution in [2.75, 3.05) is 14.1 Å². The van der Waals surface area contributed by atoms with E-state index >= 15 is 0 Å². The van der Waals surface area contributed by atoms with Crippen molar-refractivity contribution >= 4 is 22.8 Å². The summed E-state index contributed by atoms with van der Waals surface area (Å²) in [7, 11) is -0.816. The number of aryl methyl sites for hydroxylation is 1. The number of methoxy groups -OCH3 is 2. The van der Waals surface area contributed by atoms with E-state index in [2.05, 4.69) is 15.0 Å². The molecule has 0 aliphatic heterocycles. The zero-order valence-corrected chi connectivity index (χ0v) is 14.0. The van der Waals surface area contributed by atoms with Gasteiger partial charge < -0.3 is 14.5 Å². The van der Waals surface area contributed by atoms with E-state index in [4.69, 9.17) is 13.6 Å². The second-order valence-corrected chi connectivity index (χ2v) is 6.12. The Labute approximate surface area is 143 Å². The molecule has 5 nitrogen and oxygen atoms in total. The minimum absolute atomic E-state index is 0.276. The molecular weight excluding hydrogens is 311 g/mol. The Morgan fingerprint density at radius 2 is 2.17 bits per heavy atom. The largest absolute Gasteiger partial charge is 0.497 e. The molecule has 0 amide bonds. The lowest BCUT2D eigenvalue weighted by atomic mass is 10.1. The Morgan fingerprint density at radius 3 is 2.96 bits per heavy atom. The van der Waals surface area contributed by atoms with Gasteiger partial charge in [0.05, 0.1) is 35.0 Å². The Balaban J connectivity index is 1.78. The molecule has 0 atom stereocenters. The normalized spacial score (nSPS) is 13.4. The van der Waals surface area contributed by atoms with E-state index < -0.39 is 7.04 Å². The highest BCUT2D eigenvalue weighted by atomic mass is 32.2. The third-order valence-electron chi connectivity index (χ3n) is 3.64. The maximum atomic E-state index is 7.18. The molecule has 0 saturated heterocycles. The summed E-state index contributed by atoms with van der Waals surface area (Å²) < 4.78 is 31.9. The van der Waals surface area contributed by atoms with Gasteiger partial charge in [-0.05, 0) is 26.0 Å². The highest BCUT2D eigenvalue weighted by Gasteiger charge is 2.11. The lowest BCUT2D eigenvalue weighted by molar-refractivity contribution is 0.407. The van der Waals surface area contributed by atoms with Crippen LogP contribution in [0.2, 0.25) is 0 Å². The number of aromatic amines is 1. The summed E-state index contributed by atoms with van der Waals surface area (Å²) in [6, 6.07) is 4.97. The van der Waals surface area contributed by atoms with Gasteiger partial charge in [-0.1, -0.05) is 11.8 Å². The number of ether oxygens (including phenoxy) is 2. The molecule has 0 radical (unpaired) electrons. The summed E-state index contributed by atoms with van der Waals surface area (Å²) in [5.41, 5.74) is 4.43. The number of rotatable bonds is 5. The molecule has 3 rings (SSSR count). The number of nitrogens with zero attached hydrogens (tertiary/aromatic N) is 2. The van der Waals surface area contributed by atoms with Crippen LogP contribution in [0, 0.1) is 13.8 Å². The van der Waals surface area contributed by atoms with Crippen LogP contribution >= 0.6 is 11.8 Å². The lowest BCUT2D eigenvalue weighted by Gasteiger charge is -2.11. The molecule has 120 valence electrons. The smallest absolute Gasteiger partial charge is 0.166 e. The van der Waals surface area contributed by atoms with E-state index in [0.29, 0.717) is 5.75 Å². The van der Waals surface area contributed by atoms with E-state index in [-0.39, 0.29) is 5.75 Å². The Kier molecular flexibility index (Phi) is 3.46. The van der Waals surface area contributed by atoms with E-state index in [9.17, 15) is 0 Å². The Hall–Kier alpha value is -2.21. The average Bonchev–Trinajstić information content (AvgIpc) is 2.95. The van der Waals surface area contributed by atoms with Gasteiger partial charge in [0.1, 0.15) is 11.5 Å². The molecular formula is C17H19N3O2S. The fourth-order valence-electron chi connectivity index (χ4n) is 2.45. The molecule has 0 unspecified atom stereocenters. The third kappa shape index (κ3) is 3.12. The predicted octanol–water partition coefficient (Wildman–Crippen LogP) is 3.88. The molecule has 0 fully saturated rings. The van der Waals surface area contributed by atoms with Gasteiger partial charge in [-0.3, -0.25) is 4.98 Å². The van der Waals surface area contributed by atoms with E-state index in [1.54, 1.807) is 31.5 Å². The van der Waals surface area contributed by atoms with E-state index in [1.807, 2.05) is 13.8 Å². The van der Waals surface area contributed by atoms with Gasteiger partial charge in [-0.25, -0.2) is 4.98 Å². The molecule has 2 aromatic heterocycles. The quantitative estimate of drug-likeness (QED) is 0.567. The molecule has 1 N–H and O–H groups in total. The summed E-state index contributed by atoms with van der Waals surface area (Å²) in [5, 5.41) is 0.728.